The Morgan fingerprint density at radius 2 is 1.38 bits per heavy atom. The van der Waals surface area contributed by atoms with Gasteiger partial charge in [0.05, 0.1) is 20.5 Å². The number of sulfonamides is 2. The number of carbonyl (C=O) groups is 1. The third kappa shape index (κ3) is 6.90. The van der Waals surface area contributed by atoms with Crippen LogP contribution in [0.4, 0.5) is 17.1 Å². The number of carbonyl (C=O) groups excluding carboxylic acids is 1. The Balaban J connectivity index is 1.57. The molecule has 1 amide bonds. The molecule has 4 rings (SSSR count). The summed E-state index contributed by atoms with van der Waals surface area (Å²) in [5.41, 5.74) is 1.57. The van der Waals surface area contributed by atoms with Gasteiger partial charge >= 0.3 is 0 Å². The molecule has 8 nitrogen and oxygen atoms in total. The zero-order valence-electron chi connectivity index (χ0n) is 20.5. The number of nitrogens with one attached hydrogen (secondary N) is 2. The summed E-state index contributed by atoms with van der Waals surface area (Å²) in [4.78, 5) is 13.0. The summed E-state index contributed by atoms with van der Waals surface area (Å²) >= 11 is 12.4. The van der Waals surface area contributed by atoms with Gasteiger partial charge in [0.1, 0.15) is 6.54 Å². The molecule has 0 heterocycles. The van der Waals surface area contributed by atoms with Gasteiger partial charge in [0.15, 0.2) is 0 Å². The van der Waals surface area contributed by atoms with Crippen LogP contribution in [0.2, 0.25) is 10.0 Å². The highest BCUT2D eigenvalue weighted by Crippen LogP contribution is 2.33. The van der Waals surface area contributed by atoms with E-state index in [1.54, 1.807) is 42.5 Å². The second kappa shape index (κ2) is 11.7. The number of anilines is 3. The predicted molar refractivity (Wildman–Crippen MR) is 154 cm³/mol. The molecule has 0 aliphatic carbocycles. The number of para-hydroxylation sites is 1. The van der Waals surface area contributed by atoms with E-state index in [9.17, 15) is 21.6 Å². The van der Waals surface area contributed by atoms with E-state index in [0.29, 0.717) is 5.69 Å². The maximum Gasteiger partial charge on any atom is 0.264 e. The van der Waals surface area contributed by atoms with Crippen molar-refractivity contribution in [2.75, 3.05) is 20.9 Å². The average molecular weight is 605 g/mol. The molecule has 39 heavy (non-hydrogen) atoms. The van der Waals surface area contributed by atoms with E-state index in [2.05, 4.69) is 10.0 Å². The fourth-order valence-electron chi connectivity index (χ4n) is 3.58. The van der Waals surface area contributed by atoms with Gasteiger partial charge in [-0.2, -0.15) is 0 Å². The Hall–Kier alpha value is -3.57. The zero-order chi connectivity index (χ0) is 28.2. The Kier molecular flexibility index (Phi) is 8.51. The van der Waals surface area contributed by atoms with Gasteiger partial charge in [0.2, 0.25) is 5.91 Å². The van der Waals surface area contributed by atoms with Crippen molar-refractivity contribution in [3.63, 3.8) is 0 Å². The van der Waals surface area contributed by atoms with Crippen LogP contribution in [-0.4, -0.2) is 29.3 Å². The van der Waals surface area contributed by atoms with Gasteiger partial charge in [0.25, 0.3) is 20.0 Å². The first-order valence-corrected chi connectivity index (χ1v) is 15.2. The van der Waals surface area contributed by atoms with Crippen molar-refractivity contribution in [1.82, 2.24) is 0 Å². The minimum Gasteiger partial charge on any atom is -0.325 e. The number of aryl methyl sites for hydroxylation is 1. The number of halogens is 2. The van der Waals surface area contributed by atoms with Crippen LogP contribution in [-0.2, 0) is 24.8 Å². The van der Waals surface area contributed by atoms with Crippen LogP contribution >= 0.6 is 23.2 Å². The number of rotatable bonds is 9. The maximum atomic E-state index is 13.6. The summed E-state index contributed by atoms with van der Waals surface area (Å²) in [6.07, 6.45) is 0. The van der Waals surface area contributed by atoms with Gasteiger partial charge < -0.3 is 5.32 Å². The lowest BCUT2D eigenvalue weighted by atomic mass is 10.2. The molecule has 0 bridgehead atoms. The van der Waals surface area contributed by atoms with Crippen LogP contribution in [0.3, 0.4) is 0 Å². The van der Waals surface area contributed by atoms with Crippen molar-refractivity contribution in [3.8, 4) is 0 Å². The molecule has 4 aromatic rings. The molecule has 0 aliphatic heterocycles. The highest BCUT2D eigenvalue weighted by molar-refractivity contribution is 7.93. The van der Waals surface area contributed by atoms with E-state index >= 15 is 0 Å². The molecule has 0 aromatic heterocycles. The van der Waals surface area contributed by atoms with Gasteiger partial charge in [-0.05, 0) is 73.7 Å². The number of nitrogens with zero attached hydrogens (tertiary/aromatic N) is 1. The van der Waals surface area contributed by atoms with Crippen LogP contribution in [0.1, 0.15) is 5.56 Å². The summed E-state index contributed by atoms with van der Waals surface area (Å²) in [6, 6.07) is 24.4. The van der Waals surface area contributed by atoms with Crippen LogP contribution < -0.4 is 14.3 Å². The van der Waals surface area contributed by atoms with Gasteiger partial charge in [-0.15, -0.1) is 0 Å². The lowest BCUT2D eigenvalue weighted by Crippen LogP contribution is -2.38. The van der Waals surface area contributed by atoms with Crippen molar-refractivity contribution >= 4 is 66.2 Å². The second-order valence-corrected chi connectivity index (χ2v) is 12.9. The normalized spacial score (nSPS) is 11.6. The molecular weight excluding hydrogens is 581 g/mol. The highest BCUT2D eigenvalue weighted by Gasteiger charge is 2.29. The summed E-state index contributed by atoms with van der Waals surface area (Å²) in [5, 5.41) is 2.92. The number of hydrogen-bond donors (Lipinski definition) is 2. The van der Waals surface area contributed by atoms with Crippen molar-refractivity contribution < 1.29 is 21.6 Å². The van der Waals surface area contributed by atoms with Crippen molar-refractivity contribution in [1.29, 1.82) is 0 Å². The maximum absolute atomic E-state index is 13.6. The predicted octanol–water partition coefficient (Wildman–Crippen LogP) is 5.94. The minimum absolute atomic E-state index is 0.0152. The molecule has 4 aromatic carbocycles. The van der Waals surface area contributed by atoms with Crippen LogP contribution in [0, 0.1) is 6.92 Å². The fraction of sp³-hybridized carbons (Fsp3) is 0.0741. The van der Waals surface area contributed by atoms with E-state index in [1.165, 1.54) is 54.6 Å². The molecule has 2 N–H and O–H groups in total. The molecular formula is C27H23Cl2N3O5S2. The number of amides is 1. The first kappa shape index (κ1) is 28.4. The number of hydrogen-bond acceptors (Lipinski definition) is 5. The molecule has 0 unspecified atom stereocenters. The average Bonchev–Trinajstić information content (AvgIpc) is 2.89. The molecule has 0 spiro atoms. The van der Waals surface area contributed by atoms with Crippen LogP contribution in [0.15, 0.2) is 107 Å². The first-order chi connectivity index (χ1) is 18.5. The Morgan fingerprint density at radius 3 is 2.03 bits per heavy atom. The first-order valence-electron chi connectivity index (χ1n) is 11.5. The van der Waals surface area contributed by atoms with Gasteiger partial charge in [0, 0.05) is 16.4 Å². The molecule has 0 saturated carbocycles. The summed E-state index contributed by atoms with van der Waals surface area (Å²) in [6.45, 7) is 1.20. The quantitative estimate of drug-likeness (QED) is 0.246. The van der Waals surface area contributed by atoms with Gasteiger partial charge in [-0.3, -0.25) is 13.8 Å². The largest absolute Gasteiger partial charge is 0.325 e. The smallest absolute Gasteiger partial charge is 0.264 e. The zero-order valence-corrected chi connectivity index (χ0v) is 23.7. The lowest BCUT2D eigenvalue weighted by molar-refractivity contribution is -0.114. The van der Waals surface area contributed by atoms with E-state index in [1.807, 2.05) is 6.92 Å². The van der Waals surface area contributed by atoms with Crippen LogP contribution in [0.5, 0.6) is 0 Å². The van der Waals surface area contributed by atoms with Gasteiger partial charge in [-0.25, -0.2) is 16.8 Å². The lowest BCUT2D eigenvalue weighted by Gasteiger charge is -2.25. The Bertz CT molecular complexity index is 1700. The number of benzene rings is 4. The standard InChI is InChI=1S/C27H23Cl2N3O5S2/c1-19-7-12-24(13-8-19)39(36,37)32(26-17-20(28)9-16-25(26)29)18-27(33)30-21-10-14-23(15-11-21)38(34,35)31-22-5-3-2-4-6-22/h2-17,31H,18H2,1H3,(H,30,33). The SMILES string of the molecule is Cc1ccc(S(=O)(=O)N(CC(=O)Nc2ccc(S(=O)(=O)Nc3ccccc3)cc2)c2cc(Cl)ccc2Cl)cc1. The van der Waals surface area contributed by atoms with E-state index < -0.39 is 32.5 Å². The van der Waals surface area contributed by atoms with Crippen molar-refractivity contribution in [3.05, 3.63) is 113 Å². The Morgan fingerprint density at radius 1 is 0.769 bits per heavy atom. The molecule has 0 radical (unpaired) electrons. The molecule has 202 valence electrons. The highest BCUT2D eigenvalue weighted by atomic mass is 35.5. The fourth-order valence-corrected chi connectivity index (χ4v) is 6.51. The minimum atomic E-state index is -4.21. The monoisotopic (exact) mass is 603 g/mol. The molecule has 0 fully saturated rings. The van der Waals surface area contributed by atoms with E-state index in [4.69, 9.17) is 23.2 Å². The molecule has 0 saturated heterocycles. The van der Waals surface area contributed by atoms with E-state index in [0.717, 1.165) is 9.87 Å². The van der Waals surface area contributed by atoms with E-state index in [-0.39, 0.29) is 31.2 Å². The second-order valence-electron chi connectivity index (χ2n) is 8.46. The Labute approximate surface area is 237 Å². The molecule has 0 aliphatic rings. The third-order valence-corrected chi connectivity index (χ3v) is 9.27. The van der Waals surface area contributed by atoms with Crippen LogP contribution in [0.25, 0.3) is 0 Å². The molecule has 12 heteroatoms. The third-order valence-electron chi connectivity index (χ3n) is 5.55. The van der Waals surface area contributed by atoms with Crippen molar-refractivity contribution in [2.45, 2.75) is 16.7 Å². The summed E-state index contributed by atoms with van der Waals surface area (Å²) in [7, 11) is -8.06. The summed E-state index contributed by atoms with van der Waals surface area (Å²) in [5.74, 6) is -0.681. The summed E-state index contributed by atoms with van der Waals surface area (Å²) < 4.78 is 55.8. The molecule has 0 atom stereocenters. The van der Waals surface area contributed by atoms with Gasteiger partial charge in [-0.1, -0.05) is 59.1 Å². The van der Waals surface area contributed by atoms with Crippen molar-refractivity contribution in [2.24, 2.45) is 0 Å². The topological polar surface area (TPSA) is 113 Å².